The van der Waals surface area contributed by atoms with Gasteiger partial charge in [-0.3, -0.25) is 4.90 Å². The van der Waals surface area contributed by atoms with E-state index in [4.69, 9.17) is 16.3 Å². The number of halogens is 1. The van der Waals surface area contributed by atoms with E-state index in [-0.39, 0.29) is 12.0 Å². The number of nitrogens with zero attached hydrogens (tertiary/aromatic N) is 2. The first-order valence-electron chi connectivity index (χ1n) is 9.18. The van der Waals surface area contributed by atoms with Gasteiger partial charge in [-0.25, -0.2) is 4.79 Å². The standard InChI is InChI=1S/C19H28ClN3O2/c1-25-19(24)18(16-3-2-4-17(20)13-16)23-11-9-22(10-12-23)14-15-5-7-21-8-6-15/h2-4,13,15,18,21H,5-12,14H2,1H3. The van der Waals surface area contributed by atoms with Crippen LogP contribution in [0.5, 0.6) is 0 Å². The molecule has 0 saturated carbocycles. The van der Waals surface area contributed by atoms with Crippen LogP contribution in [0, 0.1) is 5.92 Å². The van der Waals surface area contributed by atoms with Gasteiger partial charge in [-0.05, 0) is 49.5 Å². The number of ether oxygens (including phenoxy) is 1. The van der Waals surface area contributed by atoms with Gasteiger partial charge in [0, 0.05) is 37.7 Å². The summed E-state index contributed by atoms with van der Waals surface area (Å²) in [5, 5.41) is 4.08. The number of methoxy groups -OCH3 is 1. The SMILES string of the molecule is COC(=O)C(c1cccc(Cl)c1)N1CCN(CC2CCNCC2)CC1. The molecule has 2 heterocycles. The number of hydrogen-bond acceptors (Lipinski definition) is 5. The van der Waals surface area contributed by atoms with Crippen LogP contribution in [0.1, 0.15) is 24.4 Å². The number of piperazine rings is 1. The van der Waals surface area contributed by atoms with Crippen LogP contribution in [0.3, 0.4) is 0 Å². The molecule has 2 saturated heterocycles. The summed E-state index contributed by atoms with van der Waals surface area (Å²) in [5.41, 5.74) is 0.908. The number of nitrogens with one attached hydrogen (secondary N) is 1. The fourth-order valence-corrected chi connectivity index (χ4v) is 4.12. The molecule has 0 bridgehead atoms. The van der Waals surface area contributed by atoms with Gasteiger partial charge in [0.25, 0.3) is 0 Å². The van der Waals surface area contributed by atoms with E-state index in [1.807, 2.05) is 24.3 Å². The number of piperidine rings is 1. The van der Waals surface area contributed by atoms with Gasteiger partial charge in [0.1, 0.15) is 6.04 Å². The predicted molar refractivity (Wildman–Crippen MR) is 99.8 cm³/mol. The van der Waals surface area contributed by atoms with E-state index in [1.54, 1.807) is 0 Å². The highest BCUT2D eigenvalue weighted by Crippen LogP contribution is 2.26. The lowest BCUT2D eigenvalue weighted by Crippen LogP contribution is -2.50. The molecule has 0 spiro atoms. The number of hydrogen-bond donors (Lipinski definition) is 1. The maximum atomic E-state index is 12.4. The minimum atomic E-state index is -0.371. The maximum Gasteiger partial charge on any atom is 0.327 e. The van der Waals surface area contributed by atoms with Crippen LogP contribution in [0.4, 0.5) is 0 Å². The Bertz CT molecular complexity index is 570. The van der Waals surface area contributed by atoms with Crippen molar-refractivity contribution in [2.45, 2.75) is 18.9 Å². The van der Waals surface area contributed by atoms with Crippen LogP contribution >= 0.6 is 11.6 Å². The zero-order valence-electron chi connectivity index (χ0n) is 14.9. The molecule has 25 heavy (non-hydrogen) atoms. The van der Waals surface area contributed by atoms with Crippen LogP contribution in [-0.4, -0.2) is 68.7 Å². The highest BCUT2D eigenvalue weighted by Gasteiger charge is 2.32. The topological polar surface area (TPSA) is 44.8 Å². The molecular weight excluding hydrogens is 338 g/mol. The van der Waals surface area contributed by atoms with Gasteiger partial charge in [-0.1, -0.05) is 23.7 Å². The van der Waals surface area contributed by atoms with E-state index >= 15 is 0 Å². The quantitative estimate of drug-likeness (QED) is 0.810. The number of benzene rings is 1. The molecule has 0 aliphatic carbocycles. The van der Waals surface area contributed by atoms with Crippen LogP contribution < -0.4 is 5.32 Å². The van der Waals surface area contributed by atoms with Crippen molar-refractivity contribution in [3.63, 3.8) is 0 Å². The molecule has 0 aromatic heterocycles. The third-order valence-electron chi connectivity index (χ3n) is 5.34. The Morgan fingerprint density at radius 1 is 1.28 bits per heavy atom. The molecule has 1 atom stereocenters. The van der Waals surface area contributed by atoms with E-state index in [1.165, 1.54) is 26.5 Å². The van der Waals surface area contributed by atoms with Gasteiger partial charge in [0.05, 0.1) is 7.11 Å². The number of carbonyl (C=O) groups is 1. The highest BCUT2D eigenvalue weighted by atomic mass is 35.5. The van der Waals surface area contributed by atoms with Gasteiger partial charge < -0.3 is 15.0 Å². The van der Waals surface area contributed by atoms with E-state index in [2.05, 4.69) is 15.1 Å². The molecule has 1 N–H and O–H groups in total. The molecule has 138 valence electrons. The third-order valence-corrected chi connectivity index (χ3v) is 5.57. The van der Waals surface area contributed by atoms with Gasteiger partial charge in [-0.15, -0.1) is 0 Å². The van der Waals surface area contributed by atoms with Crippen molar-refractivity contribution in [1.29, 1.82) is 0 Å². The summed E-state index contributed by atoms with van der Waals surface area (Å²) >= 11 is 6.12. The van der Waals surface area contributed by atoms with E-state index < -0.39 is 0 Å². The molecule has 2 aliphatic heterocycles. The lowest BCUT2D eigenvalue weighted by Gasteiger charge is -2.40. The van der Waals surface area contributed by atoms with E-state index in [0.717, 1.165) is 50.7 Å². The summed E-state index contributed by atoms with van der Waals surface area (Å²) < 4.78 is 5.06. The minimum absolute atomic E-state index is 0.214. The predicted octanol–water partition coefficient (Wildman–Crippen LogP) is 2.17. The van der Waals surface area contributed by atoms with Crippen molar-refractivity contribution in [1.82, 2.24) is 15.1 Å². The summed E-state index contributed by atoms with van der Waals surface area (Å²) in [6, 6.07) is 7.17. The second-order valence-corrected chi connectivity index (χ2v) is 7.45. The minimum Gasteiger partial charge on any atom is -0.468 e. The fraction of sp³-hybridized carbons (Fsp3) is 0.632. The van der Waals surface area contributed by atoms with Crippen LogP contribution in [0.15, 0.2) is 24.3 Å². The van der Waals surface area contributed by atoms with E-state index in [0.29, 0.717) is 5.02 Å². The molecule has 0 amide bonds. The third kappa shape index (κ3) is 4.94. The summed E-state index contributed by atoms with van der Waals surface area (Å²) in [5.74, 6) is 0.589. The second kappa shape index (κ2) is 8.99. The Hall–Kier alpha value is -1.14. The molecule has 2 aliphatic rings. The van der Waals surface area contributed by atoms with Crippen molar-refractivity contribution >= 4 is 17.6 Å². The van der Waals surface area contributed by atoms with Crippen molar-refractivity contribution in [2.75, 3.05) is 52.9 Å². The lowest BCUT2D eigenvalue weighted by atomic mass is 9.97. The molecule has 3 rings (SSSR count). The Labute approximate surface area is 155 Å². The maximum absolute atomic E-state index is 12.4. The van der Waals surface area contributed by atoms with Crippen molar-refractivity contribution in [3.05, 3.63) is 34.9 Å². The Morgan fingerprint density at radius 2 is 2.00 bits per heavy atom. The molecule has 6 heteroatoms. The normalized spacial score (nSPS) is 21.8. The average molecular weight is 366 g/mol. The molecule has 2 fully saturated rings. The van der Waals surface area contributed by atoms with Gasteiger partial charge >= 0.3 is 5.97 Å². The lowest BCUT2D eigenvalue weighted by molar-refractivity contribution is -0.148. The van der Waals surface area contributed by atoms with Crippen molar-refractivity contribution in [3.8, 4) is 0 Å². The van der Waals surface area contributed by atoms with Crippen molar-refractivity contribution in [2.24, 2.45) is 5.92 Å². The summed E-state index contributed by atoms with van der Waals surface area (Å²) in [6.07, 6.45) is 2.54. The molecule has 0 radical (unpaired) electrons. The highest BCUT2D eigenvalue weighted by molar-refractivity contribution is 6.30. The van der Waals surface area contributed by atoms with Gasteiger partial charge in [0.15, 0.2) is 0 Å². The first-order valence-corrected chi connectivity index (χ1v) is 9.55. The van der Waals surface area contributed by atoms with Crippen molar-refractivity contribution < 1.29 is 9.53 Å². The zero-order chi connectivity index (χ0) is 17.6. The Morgan fingerprint density at radius 3 is 2.64 bits per heavy atom. The molecular formula is C19H28ClN3O2. The van der Waals surface area contributed by atoms with E-state index in [9.17, 15) is 4.79 Å². The fourth-order valence-electron chi connectivity index (χ4n) is 3.92. The van der Waals surface area contributed by atoms with Gasteiger partial charge in [-0.2, -0.15) is 0 Å². The molecule has 5 nitrogen and oxygen atoms in total. The average Bonchev–Trinajstić information content (AvgIpc) is 2.64. The molecule has 1 aromatic carbocycles. The molecule has 1 unspecified atom stereocenters. The summed E-state index contributed by atoms with van der Waals surface area (Å²) in [7, 11) is 1.45. The second-order valence-electron chi connectivity index (χ2n) is 7.01. The Balaban J connectivity index is 1.61. The smallest absolute Gasteiger partial charge is 0.327 e. The summed E-state index contributed by atoms with van der Waals surface area (Å²) in [4.78, 5) is 17.2. The largest absolute Gasteiger partial charge is 0.468 e. The number of esters is 1. The zero-order valence-corrected chi connectivity index (χ0v) is 15.7. The molecule has 1 aromatic rings. The number of carbonyl (C=O) groups excluding carboxylic acids is 1. The van der Waals surface area contributed by atoms with Crippen LogP contribution in [0.25, 0.3) is 0 Å². The Kier molecular flexibility index (Phi) is 6.70. The first kappa shape index (κ1) is 18.6. The van der Waals surface area contributed by atoms with Crippen LogP contribution in [-0.2, 0) is 9.53 Å². The monoisotopic (exact) mass is 365 g/mol. The van der Waals surface area contributed by atoms with Crippen LogP contribution in [0.2, 0.25) is 5.02 Å². The van der Waals surface area contributed by atoms with Gasteiger partial charge in [0.2, 0.25) is 0 Å². The number of rotatable bonds is 5. The first-order chi connectivity index (χ1) is 12.2. The summed E-state index contributed by atoms with van der Waals surface area (Å²) in [6.45, 7) is 7.20.